The minimum absolute atomic E-state index is 0.0643. The number of aromatic nitrogens is 2. The standard InChI is InChI=1S/C21H24N2O4S/c1-21(2)11-15-16(13-27-21)28-19-17(15)18(25)22(9-6-10-24)20(26)23(19)12-14-7-4-3-5-8-14/h3-5,7-8,24H,6,9-13H2,1-2H3. The third-order valence-electron chi connectivity index (χ3n) is 5.16. The van der Waals surface area contributed by atoms with E-state index in [1.165, 1.54) is 15.9 Å². The normalized spacial score (nSPS) is 15.7. The van der Waals surface area contributed by atoms with Crippen LogP contribution in [-0.4, -0.2) is 26.4 Å². The molecule has 1 N–H and O–H groups in total. The summed E-state index contributed by atoms with van der Waals surface area (Å²) in [4.78, 5) is 28.1. The summed E-state index contributed by atoms with van der Waals surface area (Å²) in [5.41, 5.74) is 1.08. The van der Waals surface area contributed by atoms with Crippen molar-refractivity contribution in [2.75, 3.05) is 6.61 Å². The van der Waals surface area contributed by atoms with E-state index < -0.39 is 0 Å². The quantitative estimate of drug-likeness (QED) is 0.714. The van der Waals surface area contributed by atoms with E-state index in [9.17, 15) is 14.7 Å². The van der Waals surface area contributed by atoms with Crippen LogP contribution in [0.15, 0.2) is 39.9 Å². The van der Waals surface area contributed by atoms with Gasteiger partial charge in [-0.2, -0.15) is 0 Å². The van der Waals surface area contributed by atoms with Crippen molar-refractivity contribution < 1.29 is 9.84 Å². The van der Waals surface area contributed by atoms with Crippen LogP contribution in [0.1, 0.15) is 36.3 Å². The summed E-state index contributed by atoms with van der Waals surface area (Å²) in [6.07, 6.45) is 1.01. The molecule has 4 rings (SSSR count). The van der Waals surface area contributed by atoms with Gasteiger partial charge in [0.05, 0.1) is 24.1 Å². The van der Waals surface area contributed by atoms with Crippen LogP contribution in [0.5, 0.6) is 0 Å². The van der Waals surface area contributed by atoms with Gasteiger partial charge < -0.3 is 9.84 Å². The first-order valence-corrected chi connectivity index (χ1v) is 10.3. The molecule has 0 spiro atoms. The number of thiophene rings is 1. The topological polar surface area (TPSA) is 73.5 Å². The Kier molecular flexibility index (Phi) is 4.99. The molecule has 0 fully saturated rings. The Morgan fingerprint density at radius 3 is 2.64 bits per heavy atom. The lowest BCUT2D eigenvalue weighted by atomic mass is 9.94. The first-order chi connectivity index (χ1) is 13.4. The molecular weight excluding hydrogens is 376 g/mol. The first-order valence-electron chi connectivity index (χ1n) is 9.48. The Morgan fingerprint density at radius 1 is 1.18 bits per heavy atom. The van der Waals surface area contributed by atoms with Gasteiger partial charge in [-0.3, -0.25) is 13.9 Å². The largest absolute Gasteiger partial charge is 0.396 e. The van der Waals surface area contributed by atoms with E-state index >= 15 is 0 Å². The average molecular weight is 401 g/mol. The third-order valence-corrected chi connectivity index (χ3v) is 6.39. The van der Waals surface area contributed by atoms with Crippen LogP contribution in [0, 0.1) is 0 Å². The van der Waals surface area contributed by atoms with Gasteiger partial charge in [0.2, 0.25) is 0 Å². The predicted molar refractivity (Wildman–Crippen MR) is 110 cm³/mol. The number of aliphatic hydroxyl groups excluding tert-OH is 1. The molecule has 3 heterocycles. The highest BCUT2D eigenvalue weighted by Gasteiger charge is 2.31. The third kappa shape index (κ3) is 3.34. The van der Waals surface area contributed by atoms with Crippen LogP contribution in [-0.2, 0) is 30.9 Å². The zero-order chi connectivity index (χ0) is 19.9. The molecule has 28 heavy (non-hydrogen) atoms. The lowest BCUT2D eigenvalue weighted by Gasteiger charge is -2.29. The Labute approximate surface area is 166 Å². The maximum atomic E-state index is 13.2. The lowest BCUT2D eigenvalue weighted by molar-refractivity contribution is -0.0379. The molecule has 7 heteroatoms. The van der Waals surface area contributed by atoms with E-state index in [2.05, 4.69) is 0 Å². The minimum Gasteiger partial charge on any atom is -0.396 e. The van der Waals surface area contributed by atoms with E-state index in [0.717, 1.165) is 16.0 Å². The van der Waals surface area contributed by atoms with Crippen LogP contribution in [0.3, 0.4) is 0 Å². The second kappa shape index (κ2) is 7.31. The van der Waals surface area contributed by atoms with Gasteiger partial charge >= 0.3 is 5.69 Å². The van der Waals surface area contributed by atoms with Gasteiger partial charge in [0, 0.05) is 24.4 Å². The highest BCUT2D eigenvalue weighted by Crippen LogP contribution is 2.37. The Hall–Kier alpha value is -2.22. The summed E-state index contributed by atoms with van der Waals surface area (Å²) in [5.74, 6) is 0. The van der Waals surface area contributed by atoms with Crippen molar-refractivity contribution in [3.63, 3.8) is 0 Å². The summed E-state index contributed by atoms with van der Waals surface area (Å²) >= 11 is 1.48. The van der Waals surface area contributed by atoms with Crippen LogP contribution in [0.2, 0.25) is 0 Å². The number of hydrogen-bond acceptors (Lipinski definition) is 5. The highest BCUT2D eigenvalue weighted by atomic mass is 32.1. The molecular formula is C21H24N2O4S. The summed E-state index contributed by atoms with van der Waals surface area (Å²) < 4.78 is 8.89. The van der Waals surface area contributed by atoms with Crippen molar-refractivity contribution in [1.82, 2.24) is 9.13 Å². The molecule has 0 saturated heterocycles. The van der Waals surface area contributed by atoms with Crippen molar-refractivity contribution in [3.8, 4) is 0 Å². The van der Waals surface area contributed by atoms with Crippen LogP contribution >= 0.6 is 11.3 Å². The Morgan fingerprint density at radius 2 is 1.93 bits per heavy atom. The number of hydrogen-bond donors (Lipinski definition) is 1. The Bertz CT molecular complexity index is 1130. The molecule has 0 aliphatic carbocycles. The van der Waals surface area contributed by atoms with Gasteiger partial charge in [-0.1, -0.05) is 30.3 Å². The Balaban J connectivity index is 1.98. The fraction of sp³-hybridized carbons (Fsp3) is 0.429. The van der Waals surface area contributed by atoms with Crippen molar-refractivity contribution in [2.24, 2.45) is 0 Å². The van der Waals surface area contributed by atoms with Crippen LogP contribution in [0.4, 0.5) is 0 Å². The average Bonchev–Trinajstić information content (AvgIpc) is 3.03. The van der Waals surface area contributed by atoms with Gasteiger partial charge in [0.25, 0.3) is 5.56 Å². The number of benzene rings is 1. The predicted octanol–water partition coefficient (Wildman–Crippen LogP) is 2.51. The molecule has 6 nitrogen and oxygen atoms in total. The number of nitrogens with zero attached hydrogens (tertiary/aromatic N) is 2. The second-order valence-corrected chi connectivity index (χ2v) is 8.88. The van der Waals surface area contributed by atoms with Crippen molar-refractivity contribution in [2.45, 2.75) is 52.0 Å². The lowest BCUT2D eigenvalue weighted by Crippen LogP contribution is -2.40. The SMILES string of the molecule is CC1(C)Cc2c(sc3c2c(=O)n(CCCO)c(=O)n3Cc2ccccc2)CO1. The van der Waals surface area contributed by atoms with E-state index in [0.29, 0.717) is 36.2 Å². The van der Waals surface area contributed by atoms with Crippen LogP contribution in [0.25, 0.3) is 10.2 Å². The molecule has 2 aromatic heterocycles. The summed E-state index contributed by atoms with van der Waals surface area (Å²) in [7, 11) is 0. The summed E-state index contributed by atoms with van der Waals surface area (Å²) in [6, 6.07) is 9.76. The van der Waals surface area contributed by atoms with Crippen molar-refractivity contribution >= 4 is 21.6 Å². The molecule has 1 aliphatic rings. The summed E-state index contributed by atoms with van der Waals surface area (Å²) in [6.45, 7) is 5.04. The fourth-order valence-electron chi connectivity index (χ4n) is 3.74. The zero-order valence-corrected chi connectivity index (χ0v) is 16.9. The smallest absolute Gasteiger partial charge is 0.332 e. The molecule has 0 bridgehead atoms. The number of fused-ring (bicyclic) bond motifs is 3. The van der Waals surface area contributed by atoms with Gasteiger partial charge in [-0.25, -0.2) is 4.79 Å². The van der Waals surface area contributed by atoms with Crippen LogP contribution < -0.4 is 11.2 Å². The van der Waals surface area contributed by atoms with Crippen molar-refractivity contribution in [1.29, 1.82) is 0 Å². The molecule has 0 unspecified atom stereocenters. The van der Waals surface area contributed by atoms with Gasteiger partial charge in [-0.15, -0.1) is 11.3 Å². The summed E-state index contributed by atoms with van der Waals surface area (Å²) in [5, 5.41) is 9.84. The highest BCUT2D eigenvalue weighted by molar-refractivity contribution is 7.18. The molecule has 0 radical (unpaired) electrons. The number of aliphatic hydroxyl groups is 1. The molecule has 0 amide bonds. The fourth-order valence-corrected chi connectivity index (χ4v) is 4.95. The molecule has 148 valence electrons. The first kappa shape index (κ1) is 19.1. The maximum absolute atomic E-state index is 13.2. The van der Waals surface area contributed by atoms with E-state index in [-0.39, 0.29) is 30.0 Å². The monoisotopic (exact) mass is 400 g/mol. The van der Waals surface area contributed by atoms with E-state index in [1.54, 1.807) is 4.57 Å². The number of rotatable bonds is 5. The van der Waals surface area contributed by atoms with Gasteiger partial charge in [0.15, 0.2) is 0 Å². The second-order valence-electron chi connectivity index (χ2n) is 7.80. The molecule has 3 aromatic rings. The van der Waals surface area contributed by atoms with Gasteiger partial charge in [-0.05, 0) is 31.4 Å². The minimum atomic E-state index is -0.343. The maximum Gasteiger partial charge on any atom is 0.332 e. The molecule has 0 saturated carbocycles. The number of ether oxygens (including phenoxy) is 1. The molecule has 1 aromatic carbocycles. The van der Waals surface area contributed by atoms with Gasteiger partial charge in [0.1, 0.15) is 4.83 Å². The van der Waals surface area contributed by atoms with E-state index in [4.69, 9.17) is 4.74 Å². The molecule has 1 aliphatic heterocycles. The van der Waals surface area contributed by atoms with Crippen molar-refractivity contribution in [3.05, 3.63) is 67.2 Å². The zero-order valence-electron chi connectivity index (χ0n) is 16.1. The molecule has 0 atom stereocenters. The van der Waals surface area contributed by atoms with E-state index in [1.807, 2.05) is 44.2 Å².